The van der Waals surface area contributed by atoms with Gasteiger partial charge in [-0.25, -0.2) is 13.1 Å². The summed E-state index contributed by atoms with van der Waals surface area (Å²) in [5.41, 5.74) is 0.815. The standard InChI is InChI=1S/C15H23NO3S/c1-5-6-7-10-16-20(17,18)14-8-9-15(13(4)11-14)19-12(2)3/h5-6,8-9,11-12,16H,7,10H2,1-4H3/b6-5+. The van der Waals surface area contributed by atoms with E-state index in [1.54, 1.807) is 18.2 Å². The minimum atomic E-state index is -3.45. The molecular weight excluding hydrogens is 274 g/mol. The van der Waals surface area contributed by atoms with E-state index in [-0.39, 0.29) is 11.0 Å². The van der Waals surface area contributed by atoms with E-state index >= 15 is 0 Å². The highest BCUT2D eigenvalue weighted by molar-refractivity contribution is 7.89. The summed E-state index contributed by atoms with van der Waals surface area (Å²) in [6, 6.07) is 4.91. The first-order valence-corrected chi connectivity index (χ1v) is 8.23. The number of aryl methyl sites for hydroxylation is 1. The maximum atomic E-state index is 12.1. The van der Waals surface area contributed by atoms with Gasteiger partial charge in [0.05, 0.1) is 11.0 Å². The van der Waals surface area contributed by atoms with Gasteiger partial charge in [-0.15, -0.1) is 0 Å². The van der Waals surface area contributed by atoms with Crippen molar-refractivity contribution in [1.82, 2.24) is 4.72 Å². The van der Waals surface area contributed by atoms with E-state index in [2.05, 4.69) is 4.72 Å². The second kappa shape index (κ2) is 7.45. The van der Waals surface area contributed by atoms with Crippen LogP contribution in [0.15, 0.2) is 35.2 Å². The molecule has 0 radical (unpaired) electrons. The lowest BCUT2D eigenvalue weighted by atomic mass is 10.2. The lowest BCUT2D eigenvalue weighted by molar-refractivity contribution is 0.240. The zero-order chi connectivity index (χ0) is 15.2. The monoisotopic (exact) mass is 297 g/mol. The molecule has 0 aliphatic carbocycles. The summed E-state index contributed by atoms with van der Waals surface area (Å²) in [7, 11) is -3.45. The molecule has 0 saturated carbocycles. The van der Waals surface area contributed by atoms with Crippen LogP contribution in [0.5, 0.6) is 5.75 Å². The van der Waals surface area contributed by atoms with Gasteiger partial charge in [0.25, 0.3) is 0 Å². The lowest BCUT2D eigenvalue weighted by Gasteiger charge is -2.13. The number of rotatable bonds is 7. The Morgan fingerprint density at radius 1 is 1.35 bits per heavy atom. The first-order valence-electron chi connectivity index (χ1n) is 6.75. The third kappa shape index (κ3) is 4.98. The molecule has 0 atom stereocenters. The van der Waals surface area contributed by atoms with Gasteiger partial charge in [-0.2, -0.15) is 0 Å². The SMILES string of the molecule is C/C=C/CCNS(=O)(=O)c1ccc(OC(C)C)c(C)c1. The Morgan fingerprint density at radius 3 is 2.60 bits per heavy atom. The molecule has 0 aromatic heterocycles. The first kappa shape index (κ1) is 16.7. The van der Waals surface area contributed by atoms with Crippen molar-refractivity contribution >= 4 is 10.0 Å². The van der Waals surface area contributed by atoms with Crippen LogP contribution in [0.4, 0.5) is 0 Å². The highest BCUT2D eigenvalue weighted by Gasteiger charge is 2.14. The number of allylic oxidation sites excluding steroid dienone is 1. The molecule has 0 fully saturated rings. The van der Waals surface area contributed by atoms with Gasteiger partial charge in [0.1, 0.15) is 5.75 Å². The maximum absolute atomic E-state index is 12.1. The van der Waals surface area contributed by atoms with Crippen LogP contribution >= 0.6 is 0 Å². The smallest absolute Gasteiger partial charge is 0.240 e. The number of nitrogens with one attached hydrogen (secondary N) is 1. The summed E-state index contributed by atoms with van der Waals surface area (Å²) in [6.45, 7) is 8.03. The lowest BCUT2D eigenvalue weighted by Crippen LogP contribution is -2.24. The summed E-state index contributed by atoms with van der Waals surface area (Å²) in [5, 5.41) is 0. The zero-order valence-electron chi connectivity index (χ0n) is 12.5. The van der Waals surface area contributed by atoms with Crippen molar-refractivity contribution in [1.29, 1.82) is 0 Å². The molecule has 0 unspecified atom stereocenters. The molecular formula is C15H23NO3S. The van der Waals surface area contributed by atoms with E-state index < -0.39 is 10.0 Å². The van der Waals surface area contributed by atoms with Crippen LogP contribution < -0.4 is 9.46 Å². The molecule has 5 heteroatoms. The van der Waals surface area contributed by atoms with Crippen LogP contribution in [0.2, 0.25) is 0 Å². The van der Waals surface area contributed by atoms with Crippen molar-refractivity contribution in [2.24, 2.45) is 0 Å². The van der Waals surface area contributed by atoms with E-state index in [0.717, 1.165) is 5.56 Å². The van der Waals surface area contributed by atoms with E-state index in [4.69, 9.17) is 4.74 Å². The summed E-state index contributed by atoms with van der Waals surface area (Å²) in [5.74, 6) is 0.716. The van der Waals surface area contributed by atoms with Crippen LogP contribution in [-0.4, -0.2) is 21.1 Å². The molecule has 1 aromatic carbocycles. The van der Waals surface area contributed by atoms with Gasteiger partial charge >= 0.3 is 0 Å². The molecule has 0 amide bonds. The van der Waals surface area contributed by atoms with Crippen molar-refractivity contribution in [3.63, 3.8) is 0 Å². The molecule has 20 heavy (non-hydrogen) atoms. The Balaban J connectivity index is 2.83. The van der Waals surface area contributed by atoms with Crippen LogP contribution in [-0.2, 0) is 10.0 Å². The minimum Gasteiger partial charge on any atom is -0.491 e. The van der Waals surface area contributed by atoms with Crippen molar-refractivity contribution in [2.45, 2.75) is 45.1 Å². The van der Waals surface area contributed by atoms with Gasteiger partial charge in [0, 0.05) is 6.54 Å². The van der Waals surface area contributed by atoms with Gasteiger partial charge in [-0.3, -0.25) is 0 Å². The largest absolute Gasteiger partial charge is 0.491 e. The van der Waals surface area contributed by atoms with Crippen molar-refractivity contribution in [3.05, 3.63) is 35.9 Å². The van der Waals surface area contributed by atoms with Crippen LogP contribution in [0.1, 0.15) is 32.8 Å². The molecule has 0 aliphatic rings. The molecule has 1 aromatic rings. The third-order valence-electron chi connectivity index (χ3n) is 2.66. The van der Waals surface area contributed by atoms with E-state index in [0.29, 0.717) is 18.7 Å². The quantitative estimate of drug-likeness (QED) is 0.621. The maximum Gasteiger partial charge on any atom is 0.240 e. The fourth-order valence-electron chi connectivity index (χ4n) is 1.70. The molecule has 0 bridgehead atoms. The highest BCUT2D eigenvalue weighted by Crippen LogP contribution is 2.22. The second-order valence-electron chi connectivity index (χ2n) is 4.85. The van der Waals surface area contributed by atoms with E-state index in [1.807, 2.05) is 39.8 Å². The topological polar surface area (TPSA) is 55.4 Å². The molecule has 4 nitrogen and oxygen atoms in total. The summed E-state index contributed by atoms with van der Waals surface area (Å²) in [6.07, 6.45) is 4.57. The second-order valence-corrected chi connectivity index (χ2v) is 6.62. The average Bonchev–Trinajstić information content (AvgIpc) is 2.36. The van der Waals surface area contributed by atoms with Crippen LogP contribution in [0.3, 0.4) is 0 Å². The summed E-state index contributed by atoms with van der Waals surface area (Å²) in [4.78, 5) is 0.270. The highest BCUT2D eigenvalue weighted by atomic mass is 32.2. The minimum absolute atomic E-state index is 0.0649. The summed E-state index contributed by atoms with van der Waals surface area (Å²) < 4.78 is 32.4. The fourth-order valence-corrected chi connectivity index (χ4v) is 2.83. The molecule has 112 valence electrons. The first-order chi connectivity index (χ1) is 9.36. The van der Waals surface area contributed by atoms with Gasteiger partial charge in [-0.05, 0) is 57.9 Å². The molecule has 0 saturated heterocycles. The van der Waals surface area contributed by atoms with Gasteiger partial charge < -0.3 is 4.74 Å². The molecule has 1 N–H and O–H groups in total. The number of benzene rings is 1. The number of sulfonamides is 1. The Morgan fingerprint density at radius 2 is 2.05 bits per heavy atom. The predicted octanol–water partition coefficient (Wildman–Crippen LogP) is 3.03. The Hall–Kier alpha value is -1.33. The van der Waals surface area contributed by atoms with E-state index in [1.165, 1.54) is 0 Å². The normalized spacial score (nSPS) is 12.2. The Kier molecular flexibility index (Phi) is 6.23. The van der Waals surface area contributed by atoms with Gasteiger partial charge in [0.15, 0.2) is 0 Å². The van der Waals surface area contributed by atoms with Crippen LogP contribution in [0, 0.1) is 6.92 Å². The zero-order valence-corrected chi connectivity index (χ0v) is 13.3. The van der Waals surface area contributed by atoms with E-state index in [9.17, 15) is 8.42 Å². The third-order valence-corrected chi connectivity index (χ3v) is 4.12. The summed E-state index contributed by atoms with van der Waals surface area (Å²) >= 11 is 0. The van der Waals surface area contributed by atoms with Gasteiger partial charge in [0.2, 0.25) is 10.0 Å². The molecule has 0 heterocycles. The number of ether oxygens (including phenoxy) is 1. The molecule has 0 spiro atoms. The van der Waals surface area contributed by atoms with Crippen molar-refractivity contribution in [3.8, 4) is 5.75 Å². The number of hydrogen-bond donors (Lipinski definition) is 1. The van der Waals surface area contributed by atoms with Crippen LogP contribution in [0.25, 0.3) is 0 Å². The molecule has 1 rings (SSSR count). The fraction of sp³-hybridized carbons (Fsp3) is 0.467. The average molecular weight is 297 g/mol. The predicted molar refractivity (Wildman–Crippen MR) is 81.6 cm³/mol. The van der Waals surface area contributed by atoms with Gasteiger partial charge in [-0.1, -0.05) is 12.2 Å². The van der Waals surface area contributed by atoms with Crippen molar-refractivity contribution < 1.29 is 13.2 Å². The molecule has 0 aliphatic heterocycles. The number of hydrogen-bond acceptors (Lipinski definition) is 3. The van der Waals surface area contributed by atoms with Crippen molar-refractivity contribution in [2.75, 3.05) is 6.54 Å². The Bertz CT molecular complexity index is 562. The Labute approximate surface area is 121 Å².